The van der Waals surface area contributed by atoms with Crippen molar-refractivity contribution in [2.75, 3.05) is 13.1 Å². The van der Waals surface area contributed by atoms with Gasteiger partial charge in [-0.05, 0) is 62.0 Å². The smallest absolute Gasteiger partial charge is 0.127 e. The molecular weight excluding hydrogens is 266 g/mol. The van der Waals surface area contributed by atoms with Gasteiger partial charge >= 0.3 is 0 Å². The molecule has 0 spiro atoms. The van der Waals surface area contributed by atoms with Crippen molar-refractivity contribution in [1.29, 1.82) is 0 Å². The van der Waals surface area contributed by atoms with E-state index in [0.717, 1.165) is 38.3 Å². The zero-order chi connectivity index (χ0) is 14.2. The Morgan fingerprint density at radius 1 is 1.40 bits per heavy atom. The molecule has 1 aliphatic heterocycles. The summed E-state index contributed by atoms with van der Waals surface area (Å²) < 4.78 is 0. The van der Waals surface area contributed by atoms with Crippen LogP contribution in [0.25, 0.3) is 0 Å². The molecule has 1 fully saturated rings. The lowest BCUT2D eigenvalue weighted by atomic mass is 9.71. The largest absolute Gasteiger partial charge is 0.303 e. The third kappa shape index (κ3) is 2.58. The molecule has 1 saturated carbocycles. The van der Waals surface area contributed by atoms with Crippen LogP contribution in [0, 0.1) is 11.3 Å². The van der Waals surface area contributed by atoms with Gasteiger partial charge < -0.3 is 4.79 Å². The van der Waals surface area contributed by atoms with Gasteiger partial charge in [0.05, 0.1) is 0 Å². The summed E-state index contributed by atoms with van der Waals surface area (Å²) in [5, 5.41) is 2.21. The van der Waals surface area contributed by atoms with Crippen molar-refractivity contribution >= 4 is 17.6 Å². The number of carbonyl (C=O) groups excluding carboxylic acids is 1. The number of rotatable bonds is 3. The van der Waals surface area contributed by atoms with Crippen LogP contribution in [0.15, 0.2) is 11.4 Å². The van der Waals surface area contributed by atoms with Gasteiger partial charge in [-0.3, -0.25) is 4.90 Å². The van der Waals surface area contributed by atoms with Crippen LogP contribution in [0.1, 0.15) is 56.0 Å². The van der Waals surface area contributed by atoms with E-state index < -0.39 is 0 Å². The predicted molar refractivity (Wildman–Crippen MR) is 84.1 cm³/mol. The van der Waals surface area contributed by atoms with E-state index in [4.69, 9.17) is 0 Å². The van der Waals surface area contributed by atoms with E-state index in [2.05, 4.69) is 30.2 Å². The Bertz CT molecular complexity index is 473. The van der Waals surface area contributed by atoms with Crippen LogP contribution in [-0.2, 0) is 11.2 Å². The highest BCUT2D eigenvalue weighted by atomic mass is 32.1. The van der Waals surface area contributed by atoms with Crippen molar-refractivity contribution in [3.63, 3.8) is 0 Å². The van der Waals surface area contributed by atoms with Crippen LogP contribution in [0.3, 0.4) is 0 Å². The van der Waals surface area contributed by atoms with Crippen LogP contribution in [0.2, 0.25) is 0 Å². The van der Waals surface area contributed by atoms with E-state index in [1.807, 2.05) is 11.3 Å². The summed E-state index contributed by atoms with van der Waals surface area (Å²) in [6, 6.07) is 2.74. The third-order valence-corrected chi connectivity index (χ3v) is 6.44. The highest BCUT2D eigenvalue weighted by Crippen LogP contribution is 2.41. The number of nitrogens with zero attached hydrogens (tertiary/aromatic N) is 1. The summed E-state index contributed by atoms with van der Waals surface area (Å²) in [6.45, 7) is 6.68. The zero-order valence-corrected chi connectivity index (χ0v) is 13.4. The van der Waals surface area contributed by atoms with Crippen molar-refractivity contribution in [1.82, 2.24) is 4.90 Å². The van der Waals surface area contributed by atoms with Gasteiger partial charge in [0.15, 0.2) is 0 Å². The normalized spacial score (nSPS) is 34.7. The van der Waals surface area contributed by atoms with Crippen molar-refractivity contribution in [3.8, 4) is 0 Å². The minimum atomic E-state index is -0.0751. The Kier molecular flexibility index (Phi) is 4.00. The first kappa shape index (κ1) is 14.3. The molecule has 2 nitrogen and oxygen atoms in total. The maximum atomic E-state index is 11.7. The van der Waals surface area contributed by atoms with Gasteiger partial charge in [-0.2, -0.15) is 0 Å². The molecule has 1 aromatic rings. The van der Waals surface area contributed by atoms with Crippen molar-refractivity contribution in [2.24, 2.45) is 11.3 Å². The molecule has 110 valence electrons. The molecule has 1 atom stereocenters. The number of aldehydes is 1. The molecule has 3 heteroatoms. The van der Waals surface area contributed by atoms with Gasteiger partial charge in [-0.25, -0.2) is 0 Å². The molecule has 0 bridgehead atoms. The van der Waals surface area contributed by atoms with E-state index in [0.29, 0.717) is 6.04 Å². The lowest BCUT2D eigenvalue weighted by Crippen LogP contribution is -2.44. The molecule has 0 radical (unpaired) electrons. The lowest BCUT2D eigenvalue weighted by molar-refractivity contribution is -0.120. The topological polar surface area (TPSA) is 20.3 Å². The summed E-state index contributed by atoms with van der Waals surface area (Å²) in [7, 11) is 0. The minimum Gasteiger partial charge on any atom is -0.303 e. The molecule has 1 aromatic heterocycles. The van der Waals surface area contributed by atoms with Gasteiger partial charge in [0.2, 0.25) is 0 Å². The second-order valence-corrected chi connectivity index (χ2v) is 7.86. The highest BCUT2D eigenvalue weighted by Gasteiger charge is 2.38. The van der Waals surface area contributed by atoms with Gasteiger partial charge in [0, 0.05) is 29.4 Å². The van der Waals surface area contributed by atoms with Crippen LogP contribution in [0.5, 0.6) is 0 Å². The Morgan fingerprint density at radius 2 is 2.15 bits per heavy atom. The van der Waals surface area contributed by atoms with Crippen LogP contribution >= 0.6 is 11.3 Å². The van der Waals surface area contributed by atoms with E-state index in [1.165, 1.54) is 24.7 Å². The summed E-state index contributed by atoms with van der Waals surface area (Å²) in [5.41, 5.74) is 1.42. The number of thiophene rings is 1. The summed E-state index contributed by atoms with van der Waals surface area (Å²) in [6.07, 6.45) is 7.02. The highest BCUT2D eigenvalue weighted by molar-refractivity contribution is 7.10. The number of fused-ring (bicyclic) bond motifs is 1. The van der Waals surface area contributed by atoms with Crippen molar-refractivity contribution < 1.29 is 4.79 Å². The standard InChI is InChI=1S/C17H25NOS/c1-13-3-7-17(12-19,8-4-13)11-18-9-5-16-15(14(18)2)6-10-20-16/h6,10,12-14H,3-5,7-9,11H2,1-2H3. The summed E-state index contributed by atoms with van der Waals surface area (Å²) in [5.74, 6) is 0.797. The van der Waals surface area contributed by atoms with E-state index in [1.54, 1.807) is 4.88 Å². The molecule has 2 aliphatic rings. The first-order valence-electron chi connectivity index (χ1n) is 7.90. The van der Waals surface area contributed by atoms with E-state index >= 15 is 0 Å². The second kappa shape index (κ2) is 5.61. The molecule has 0 aromatic carbocycles. The average molecular weight is 291 g/mol. The van der Waals surface area contributed by atoms with Gasteiger partial charge in [0.1, 0.15) is 6.29 Å². The first-order chi connectivity index (χ1) is 9.63. The molecule has 0 amide bonds. The molecule has 3 rings (SSSR count). The monoisotopic (exact) mass is 291 g/mol. The Labute approximate surface area is 126 Å². The summed E-state index contributed by atoms with van der Waals surface area (Å²) in [4.78, 5) is 15.8. The fourth-order valence-corrected chi connectivity index (χ4v) is 4.79. The SMILES string of the molecule is CC1CCC(C=O)(CN2CCc3sccc3C2C)CC1. The van der Waals surface area contributed by atoms with Gasteiger partial charge in [-0.15, -0.1) is 11.3 Å². The number of hydrogen-bond donors (Lipinski definition) is 0. The second-order valence-electron chi connectivity index (χ2n) is 6.86. The van der Waals surface area contributed by atoms with E-state index in [-0.39, 0.29) is 5.41 Å². The maximum absolute atomic E-state index is 11.7. The quantitative estimate of drug-likeness (QED) is 0.783. The molecule has 0 N–H and O–H groups in total. The molecule has 0 saturated heterocycles. The van der Waals surface area contributed by atoms with Crippen LogP contribution < -0.4 is 0 Å². The Morgan fingerprint density at radius 3 is 2.85 bits per heavy atom. The van der Waals surface area contributed by atoms with E-state index in [9.17, 15) is 4.79 Å². The fourth-order valence-electron chi connectivity index (χ4n) is 3.83. The van der Waals surface area contributed by atoms with Crippen LogP contribution in [0.4, 0.5) is 0 Å². The Balaban J connectivity index is 1.73. The van der Waals surface area contributed by atoms with Crippen molar-refractivity contribution in [2.45, 2.75) is 52.0 Å². The fraction of sp³-hybridized carbons (Fsp3) is 0.706. The molecule has 1 unspecified atom stereocenters. The maximum Gasteiger partial charge on any atom is 0.127 e. The average Bonchev–Trinajstić information content (AvgIpc) is 2.94. The summed E-state index contributed by atoms with van der Waals surface area (Å²) >= 11 is 1.89. The zero-order valence-electron chi connectivity index (χ0n) is 12.6. The van der Waals surface area contributed by atoms with Gasteiger partial charge in [0.25, 0.3) is 0 Å². The first-order valence-corrected chi connectivity index (χ1v) is 8.78. The van der Waals surface area contributed by atoms with Gasteiger partial charge in [-0.1, -0.05) is 6.92 Å². The minimum absolute atomic E-state index is 0.0751. The number of carbonyl (C=O) groups is 1. The van der Waals surface area contributed by atoms with Crippen molar-refractivity contribution in [3.05, 3.63) is 21.9 Å². The molecule has 20 heavy (non-hydrogen) atoms. The third-order valence-electron chi connectivity index (χ3n) is 5.44. The van der Waals surface area contributed by atoms with Crippen LogP contribution in [-0.4, -0.2) is 24.3 Å². The lowest BCUT2D eigenvalue weighted by Gasteiger charge is -2.42. The molecular formula is C17H25NOS. The molecule has 1 aliphatic carbocycles. The molecule has 2 heterocycles. The Hall–Kier alpha value is -0.670. The number of hydrogen-bond acceptors (Lipinski definition) is 3. The predicted octanol–water partition coefficient (Wildman–Crippen LogP) is 4.06.